The molecule has 0 amide bonds. The fourth-order valence-corrected chi connectivity index (χ4v) is 4.17. The fraction of sp³-hybridized carbons (Fsp3) is 0.375. The predicted octanol–water partition coefficient (Wildman–Crippen LogP) is 2.92. The molecule has 2 aromatic carbocycles. The zero-order valence-corrected chi connectivity index (χ0v) is 19.0. The minimum Gasteiger partial charge on any atom is -0.497 e. The number of rotatable bonds is 8. The molecule has 0 saturated carbocycles. The van der Waals surface area contributed by atoms with Crippen molar-refractivity contribution in [1.29, 1.82) is 0 Å². The second kappa shape index (κ2) is 9.91. The molecule has 9 nitrogen and oxygen atoms in total. The lowest BCUT2D eigenvalue weighted by atomic mass is 10.2. The maximum absolute atomic E-state index is 12.2. The standard InChI is InChI=1S/C24H28N4O5/c1-31-18-11-17(12-19(14-18)32-2)27(9-10-29)16-6-7-20-21(13-16)26-23(15-25-20)28-8-4-5-22(28)24(30)33-3/h6-7,11-15,22,29H,4-5,8-10H2,1-3H3. The average molecular weight is 453 g/mol. The number of fused-ring (bicyclic) bond motifs is 1. The molecule has 4 rings (SSSR count). The first kappa shape index (κ1) is 22.6. The number of carbonyl (C=O) groups is 1. The zero-order chi connectivity index (χ0) is 23.4. The molecule has 1 aliphatic heterocycles. The van der Waals surface area contributed by atoms with E-state index in [0.717, 1.165) is 36.3 Å². The highest BCUT2D eigenvalue weighted by Crippen LogP contribution is 2.34. The van der Waals surface area contributed by atoms with Crippen LogP contribution in [0.4, 0.5) is 17.2 Å². The Morgan fingerprint density at radius 2 is 1.85 bits per heavy atom. The Balaban J connectivity index is 1.73. The van der Waals surface area contributed by atoms with Crippen LogP contribution in [0.3, 0.4) is 0 Å². The van der Waals surface area contributed by atoms with E-state index in [1.165, 1.54) is 7.11 Å². The minimum absolute atomic E-state index is 0.0438. The molecule has 1 saturated heterocycles. The van der Waals surface area contributed by atoms with Gasteiger partial charge < -0.3 is 29.1 Å². The Hall–Kier alpha value is -3.59. The highest BCUT2D eigenvalue weighted by Gasteiger charge is 2.32. The summed E-state index contributed by atoms with van der Waals surface area (Å²) < 4.78 is 15.8. The number of nitrogens with zero attached hydrogens (tertiary/aromatic N) is 4. The number of aliphatic hydroxyl groups is 1. The summed E-state index contributed by atoms with van der Waals surface area (Å²) in [5, 5.41) is 9.74. The summed E-state index contributed by atoms with van der Waals surface area (Å²) in [6.45, 7) is 1.04. The number of aromatic nitrogens is 2. The maximum Gasteiger partial charge on any atom is 0.328 e. The van der Waals surface area contributed by atoms with E-state index >= 15 is 0 Å². The highest BCUT2D eigenvalue weighted by atomic mass is 16.5. The number of benzene rings is 2. The summed E-state index contributed by atoms with van der Waals surface area (Å²) >= 11 is 0. The Bertz CT molecular complexity index is 1120. The lowest BCUT2D eigenvalue weighted by Gasteiger charge is -2.26. The molecule has 33 heavy (non-hydrogen) atoms. The van der Waals surface area contributed by atoms with E-state index in [1.54, 1.807) is 26.5 Å². The second-order valence-electron chi connectivity index (χ2n) is 7.72. The molecular weight excluding hydrogens is 424 g/mol. The van der Waals surface area contributed by atoms with E-state index < -0.39 is 0 Å². The van der Waals surface area contributed by atoms with Crippen molar-refractivity contribution in [2.45, 2.75) is 18.9 Å². The summed E-state index contributed by atoms with van der Waals surface area (Å²) in [6.07, 6.45) is 3.32. The van der Waals surface area contributed by atoms with Crippen LogP contribution in [0.1, 0.15) is 12.8 Å². The molecule has 0 radical (unpaired) electrons. The van der Waals surface area contributed by atoms with E-state index in [4.69, 9.17) is 19.2 Å². The molecule has 1 aromatic heterocycles. The molecule has 3 aromatic rings. The Kier molecular flexibility index (Phi) is 6.79. The van der Waals surface area contributed by atoms with Crippen LogP contribution in [0.5, 0.6) is 11.5 Å². The van der Waals surface area contributed by atoms with Gasteiger partial charge in [0.05, 0.1) is 45.2 Å². The summed E-state index contributed by atoms with van der Waals surface area (Å²) in [5.41, 5.74) is 3.08. The number of anilines is 3. The summed E-state index contributed by atoms with van der Waals surface area (Å²) in [6, 6.07) is 11.0. The van der Waals surface area contributed by atoms with Crippen molar-refractivity contribution in [3.63, 3.8) is 0 Å². The smallest absolute Gasteiger partial charge is 0.328 e. The van der Waals surface area contributed by atoms with Gasteiger partial charge in [0, 0.05) is 42.7 Å². The first-order chi connectivity index (χ1) is 16.1. The van der Waals surface area contributed by atoms with Crippen molar-refractivity contribution < 1.29 is 24.1 Å². The topological polar surface area (TPSA) is 97.3 Å². The first-order valence-corrected chi connectivity index (χ1v) is 10.8. The SMILES string of the molecule is COC(=O)C1CCCN1c1cnc2ccc(N(CCO)c3cc(OC)cc(OC)c3)cc2n1. The van der Waals surface area contributed by atoms with Crippen LogP contribution < -0.4 is 19.3 Å². The lowest BCUT2D eigenvalue weighted by molar-refractivity contribution is -0.141. The predicted molar refractivity (Wildman–Crippen MR) is 126 cm³/mol. The number of hydrogen-bond acceptors (Lipinski definition) is 9. The monoisotopic (exact) mass is 452 g/mol. The number of hydrogen-bond donors (Lipinski definition) is 1. The van der Waals surface area contributed by atoms with E-state index in [0.29, 0.717) is 29.4 Å². The number of esters is 1. The van der Waals surface area contributed by atoms with Gasteiger partial charge in [-0.25, -0.2) is 9.78 Å². The van der Waals surface area contributed by atoms with Gasteiger partial charge in [0.15, 0.2) is 0 Å². The van der Waals surface area contributed by atoms with Crippen LogP contribution in [0.15, 0.2) is 42.6 Å². The third-order valence-corrected chi connectivity index (χ3v) is 5.82. The first-order valence-electron chi connectivity index (χ1n) is 10.8. The third kappa shape index (κ3) is 4.63. The molecular formula is C24H28N4O5. The molecule has 0 spiro atoms. The molecule has 0 bridgehead atoms. The normalized spacial score (nSPS) is 15.5. The van der Waals surface area contributed by atoms with Gasteiger partial charge in [-0.15, -0.1) is 0 Å². The largest absolute Gasteiger partial charge is 0.497 e. The van der Waals surface area contributed by atoms with Crippen LogP contribution in [-0.4, -0.2) is 68.1 Å². The second-order valence-corrected chi connectivity index (χ2v) is 7.72. The molecule has 174 valence electrons. The summed E-state index contributed by atoms with van der Waals surface area (Å²) in [5.74, 6) is 1.68. The number of aliphatic hydroxyl groups excluding tert-OH is 1. The van der Waals surface area contributed by atoms with Crippen LogP contribution in [-0.2, 0) is 9.53 Å². The van der Waals surface area contributed by atoms with Crippen molar-refractivity contribution in [3.8, 4) is 11.5 Å². The van der Waals surface area contributed by atoms with Crippen molar-refractivity contribution in [2.75, 3.05) is 50.8 Å². The van der Waals surface area contributed by atoms with Gasteiger partial charge in [-0.3, -0.25) is 4.98 Å². The van der Waals surface area contributed by atoms with Crippen molar-refractivity contribution in [3.05, 3.63) is 42.6 Å². The molecule has 2 heterocycles. The van der Waals surface area contributed by atoms with Crippen LogP contribution in [0.2, 0.25) is 0 Å². The number of carbonyl (C=O) groups excluding carboxylic acids is 1. The average Bonchev–Trinajstić information content (AvgIpc) is 3.35. The van der Waals surface area contributed by atoms with Gasteiger partial charge in [0.2, 0.25) is 0 Å². The highest BCUT2D eigenvalue weighted by molar-refractivity contribution is 5.84. The van der Waals surface area contributed by atoms with E-state index in [1.807, 2.05) is 40.1 Å². The molecule has 9 heteroatoms. The van der Waals surface area contributed by atoms with Crippen molar-refractivity contribution in [2.24, 2.45) is 0 Å². The quantitative estimate of drug-likeness (QED) is 0.517. The summed E-state index contributed by atoms with van der Waals surface area (Å²) in [7, 11) is 4.60. The van der Waals surface area contributed by atoms with Crippen LogP contribution >= 0.6 is 0 Å². The zero-order valence-electron chi connectivity index (χ0n) is 19.0. The van der Waals surface area contributed by atoms with Gasteiger partial charge in [0.25, 0.3) is 0 Å². The van der Waals surface area contributed by atoms with Crippen LogP contribution in [0.25, 0.3) is 11.0 Å². The van der Waals surface area contributed by atoms with Gasteiger partial charge in [-0.2, -0.15) is 0 Å². The minimum atomic E-state index is -0.347. The molecule has 1 unspecified atom stereocenters. The maximum atomic E-state index is 12.2. The lowest BCUT2D eigenvalue weighted by Crippen LogP contribution is -2.37. The Labute approximate surface area is 192 Å². The van der Waals surface area contributed by atoms with Crippen LogP contribution in [0, 0.1) is 0 Å². The Morgan fingerprint density at radius 1 is 1.09 bits per heavy atom. The molecule has 1 aliphatic rings. The van der Waals surface area contributed by atoms with E-state index in [-0.39, 0.29) is 18.6 Å². The Morgan fingerprint density at radius 3 is 2.52 bits per heavy atom. The molecule has 0 aliphatic carbocycles. The summed E-state index contributed by atoms with van der Waals surface area (Å²) in [4.78, 5) is 25.4. The van der Waals surface area contributed by atoms with Gasteiger partial charge in [-0.05, 0) is 31.0 Å². The molecule has 1 N–H and O–H groups in total. The third-order valence-electron chi connectivity index (χ3n) is 5.82. The van der Waals surface area contributed by atoms with Crippen molar-refractivity contribution >= 4 is 34.2 Å². The van der Waals surface area contributed by atoms with E-state index in [9.17, 15) is 9.90 Å². The van der Waals surface area contributed by atoms with Gasteiger partial charge in [0.1, 0.15) is 23.4 Å². The van der Waals surface area contributed by atoms with Gasteiger partial charge >= 0.3 is 5.97 Å². The molecule has 1 atom stereocenters. The van der Waals surface area contributed by atoms with Gasteiger partial charge in [-0.1, -0.05) is 0 Å². The number of methoxy groups -OCH3 is 3. The van der Waals surface area contributed by atoms with E-state index in [2.05, 4.69) is 4.98 Å². The molecule has 1 fully saturated rings. The number of ether oxygens (including phenoxy) is 3. The fourth-order valence-electron chi connectivity index (χ4n) is 4.17. The van der Waals surface area contributed by atoms with Crippen molar-refractivity contribution in [1.82, 2.24) is 9.97 Å².